The van der Waals surface area contributed by atoms with Crippen molar-refractivity contribution in [1.29, 1.82) is 0 Å². The number of nitroso groups, excluding NO2 is 1. The topological polar surface area (TPSA) is 102 Å². The lowest BCUT2D eigenvalue weighted by atomic mass is 10.1. The first kappa shape index (κ1) is 23.2. The fourth-order valence-corrected chi connectivity index (χ4v) is 3.65. The maximum Gasteiger partial charge on any atom is 0.259 e. The predicted molar refractivity (Wildman–Crippen MR) is 128 cm³/mol. The zero-order valence-electron chi connectivity index (χ0n) is 19.4. The summed E-state index contributed by atoms with van der Waals surface area (Å²) < 4.78 is 22.0. The first-order valence-electron chi connectivity index (χ1n) is 10.9. The van der Waals surface area contributed by atoms with E-state index in [0.717, 1.165) is 18.4 Å². The molecule has 0 radical (unpaired) electrons. The molecule has 1 amide bonds. The Morgan fingerprint density at radius 3 is 2.53 bits per heavy atom. The van der Waals surface area contributed by atoms with Crippen molar-refractivity contribution in [2.24, 2.45) is 12.2 Å². The van der Waals surface area contributed by atoms with Crippen LogP contribution >= 0.6 is 0 Å². The molecule has 0 saturated heterocycles. The zero-order valence-corrected chi connectivity index (χ0v) is 19.4. The van der Waals surface area contributed by atoms with Gasteiger partial charge in [-0.1, -0.05) is 12.1 Å². The number of aryl methyl sites for hydroxylation is 1. The lowest BCUT2D eigenvalue weighted by molar-refractivity contribution is 0.0948. The van der Waals surface area contributed by atoms with Crippen LogP contribution in [0.5, 0.6) is 11.5 Å². The zero-order chi connectivity index (χ0) is 24.6. The maximum atomic E-state index is 14.7. The lowest BCUT2D eigenvalue weighted by Gasteiger charge is -2.22. The van der Waals surface area contributed by atoms with E-state index in [2.05, 4.69) is 15.8 Å². The summed E-state index contributed by atoms with van der Waals surface area (Å²) in [6.45, 7) is 4.98. The first-order valence-corrected chi connectivity index (χ1v) is 10.9. The second kappa shape index (κ2) is 9.09. The molecule has 0 bridgehead atoms. The van der Waals surface area contributed by atoms with Crippen molar-refractivity contribution in [1.82, 2.24) is 9.88 Å². The van der Waals surface area contributed by atoms with Gasteiger partial charge in [0.05, 0.1) is 11.3 Å². The van der Waals surface area contributed by atoms with Gasteiger partial charge in [-0.05, 0) is 68.6 Å². The Hall–Kier alpha value is -4.01. The van der Waals surface area contributed by atoms with E-state index in [-0.39, 0.29) is 45.9 Å². The van der Waals surface area contributed by atoms with Gasteiger partial charge in [0.15, 0.2) is 5.75 Å². The van der Waals surface area contributed by atoms with Crippen LogP contribution in [0.3, 0.4) is 0 Å². The summed E-state index contributed by atoms with van der Waals surface area (Å²) in [5.74, 6) is -0.573. The number of carbonyl (C=O) groups excluding carboxylic acids is 1. The van der Waals surface area contributed by atoms with Gasteiger partial charge in [-0.3, -0.25) is 14.2 Å². The van der Waals surface area contributed by atoms with Crippen LogP contribution in [0.15, 0.2) is 46.4 Å². The number of pyridine rings is 1. The molecule has 4 rings (SSSR count). The average molecular weight is 464 g/mol. The molecule has 2 N–H and O–H groups in total. The Morgan fingerprint density at radius 1 is 1.15 bits per heavy atom. The molecule has 0 spiro atoms. The van der Waals surface area contributed by atoms with Crippen molar-refractivity contribution >= 4 is 23.1 Å². The largest absolute Gasteiger partial charge is 0.456 e. The van der Waals surface area contributed by atoms with Crippen molar-refractivity contribution in [3.63, 3.8) is 0 Å². The van der Waals surface area contributed by atoms with Gasteiger partial charge in [0.2, 0.25) is 0 Å². The molecule has 8 nitrogen and oxygen atoms in total. The van der Waals surface area contributed by atoms with Crippen LogP contribution in [0.4, 0.5) is 21.6 Å². The van der Waals surface area contributed by atoms with Gasteiger partial charge in [-0.15, -0.1) is 4.91 Å². The highest BCUT2D eigenvalue weighted by Crippen LogP contribution is 2.37. The number of nitrogens with zero attached hydrogens (tertiary/aromatic N) is 2. The Morgan fingerprint density at radius 2 is 1.88 bits per heavy atom. The third-order valence-corrected chi connectivity index (χ3v) is 5.85. The number of halogens is 1. The monoisotopic (exact) mass is 464 g/mol. The van der Waals surface area contributed by atoms with E-state index in [9.17, 15) is 18.9 Å². The van der Waals surface area contributed by atoms with E-state index in [1.165, 1.54) is 17.7 Å². The average Bonchev–Trinajstić information content (AvgIpc) is 3.62. The SMILES string of the molecule is Cc1ccc(Nc2c(C(=O)NC3CC3)c(Oc3cccc(N=O)c3C)c(C)c(=O)n2C)c(F)c1. The molecule has 2 aromatic carbocycles. The molecule has 1 saturated carbocycles. The highest BCUT2D eigenvalue weighted by Gasteiger charge is 2.31. The molecular formula is C25H25FN4O4. The van der Waals surface area contributed by atoms with E-state index in [1.54, 1.807) is 51.1 Å². The summed E-state index contributed by atoms with van der Waals surface area (Å²) in [7, 11) is 1.50. The molecule has 1 aliphatic rings. The van der Waals surface area contributed by atoms with Crippen LogP contribution in [0, 0.1) is 31.5 Å². The van der Waals surface area contributed by atoms with Crippen molar-refractivity contribution in [3.8, 4) is 11.5 Å². The van der Waals surface area contributed by atoms with Crippen molar-refractivity contribution < 1.29 is 13.9 Å². The van der Waals surface area contributed by atoms with Crippen molar-refractivity contribution in [2.75, 3.05) is 5.32 Å². The first-order chi connectivity index (χ1) is 16.2. The Balaban J connectivity index is 1.91. The predicted octanol–water partition coefficient (Wildman–Crippen LogP) is 5.28. The van der Waals surface area contributed by atoms with Crippen LogP contribution in [0.25, 0.3) is 0 Å². The van der Waals surface area contributed by atoms with E-state index in [1.807, 2.05) is 0 Å². The minimum absolute atomic E-state index is 0.0300. The molecule has 0 atom stereocenters. The third-order valence-electron chi connectivity index (χ3n) is 5.85. The highest BCUT2D eigenvalue weighted by atomic mass is 19.1. The summed E-state index contributed by atoms with van der Waals surface area (Å²) in [6, 6.07) is 9.42. The minimum atomic E-state index is -0.523. The summed E-state index contributed by atoms with van der Waals surface area (Å²) in [4.78, 5) is 37.6. The second-order valence-electron chi connectivity index (χ2n) is 8.49. The molecule has 34 heavy (non-hydrogen) atoms. The standard InChI is InChI=1S/C25H25FN4O4/c1-13-8-11-19(17(26)12-13)28-23-21(24(31)27-16-9-10-16)22(15(3)25(32)30(23)4)34-20-7-5-6-18(29-33)14(20)2/h5-8,11-12,16,28H,9-10H2,1-4H3,(H,27,31). The van der Waals surface area contributed by atoms with Crippen LogP contribution in [0.1, 0.15) is 39.9 Å². The molecule has 0 aliphatic heterocycles. The van der Waals surface area contributed by atoms with E-state index in [4.69, 9.17) is 4.74 Å². The number of aromatic nitrogens is 1. The lowest BCUT2D eigenvalue weighted by Crippen LogP contribution is -2.31. The number of ether oxygens (including phenoxy) is 1. The molecule has 1 aliphatic carbocycles. The van der Waals surface area contributed by atoms with Gasteiger partial charge < -0.3 is 15.4 Å². The van der Waals surface area contributed by atoms with Crippen LogP contribution < -0.4 is 20.9 Å². The highest BCUT2D eigenvalue weighted by molar-refractivity contribution is 6.03. The summed E-state index contributed by atoms with van der Waals surface area (Å²) >= 11 is 0. The third kappa shape index (κ3) is 4.41. The molecule has 9 heteroatoms. The van der Waals surface area contributed by atoms with Gasteiger partial charge in [0.1, 0.15) is 28.6 Å². The molecule has 0 unspecified atom stereocenters. The molecular weight excluding hydrogens is 439 g/mol. The Labute approximate surface area is 195 Å². The molecule has 3 aromatic rings. The van der Waals surface area contributed by atoms with Crippen molar-refractivity contribution in [2.45, 2.75) is 39.7 Å². The van der Waals surface area contributed by atoms with Crippen LogP contribution in [-0.2, 0) is 7.05 Å². The number of anilines is 2. The van der Waals surface area contributed by atoms with Gasteiger partial charge in [-0.25, -0.2) is 4.39 Å². The van der Waals surface area contributed by atoms with Crippen LogP contribution in [0.2, 0.25) is 0 Å². The molecule has 1 fully saturated rings. The number of rotatable bonds is 7. The quantitative estimate of drug-likeness (QED) is 0.464. The number of hydrogen-bond donors (Lipinski definition) is 2. The fourth-order valence-electron chi connectivity index (χ4n) is 3.65. The number of benzene rings is 2. The van der Waals surface area contributed by atoms with E-state index >= 15 is 0 Å². The van der Waals surface area contributed by atoms with E-state index < -0.39 is 17.3 Å². The fraction of sp³-hybridized carbons (Fsp3) is 0.280. The van der Waals surface area contributed by atoms with Gasteiger partial charge in [0, 0.05) is 18.7 Å². The van der Waals surface area contributed by atoms with E-state index in [0.29, 0.717) is 5.56 Å². The van der Waals surface area contributed by atoms with Gasteiger partial charge in [-0.2, -0.15) is 0 Å². The molecule has 1 aromatic heterocycles. The number of nitrogens with one attached hydrogen (secondary N) is 2. The normalized spacial score (nSPS) is 12.9. The van der Waals surface area contributed by atoms with Gasteiger partial charge >= 0.3 is 0 Å². The van der Waals surface area contributed by atoms with Crippen molar-refractivity contribution in [3.05, 3.63) is 79.7 Å². The Kier molecular flexibility index (Phi) is 6.19. The number of carbonyl (C=O) groups is 1. The van der Waals surface area contributed by atoms with Gasteiger partial charge in [0.25, 0.3) is 11.5 Å². The molecule has 176 valence electrons. The summed E-state index contributed by atoms with van der Waals surface area (Å²) in [6.07, 6.45) is 1.71. The maximum absolute atomic E-state index is 14.7. The van der Waals surface area contributed by atoms with Crippen LogP contribution in [-0.4, -0.2) is 16.5 Å². The second-order valence-corrected chi connectivity index (χ2v) is 8.49. The minimum Gasteiger partial charge on any atom is -0.456 e. The smallest absolute Gasteiger partial charge is 0.259 e. The Bertz CT molecular complexity index is 1360. The molecule has 1 heterocycles. The number of amides is 1. The summed E-state index contributed by atoms with van der Waals surface area (Å²) in [5, 5.41) is 8.83. The summed E-state index contributed by atoms with van der Waals surface area (Å²) in [5.41, 5.74) is 1.33. The number of hydrogen-bond acceptors (Lipinski definition) is 6.